The highest BCUT2D eigenvalue weighted by Crippen LogP contribution is 2.43. The molecular formula is C84H146NO8P. The number of hydrogen-bond donors (Lipinski definition) is 2. The number of phosphoric ester groups is 1. The summed E-state index contributed by atoms with van der Waals surface area (Å²) in [4.78, 5) is 35.4. The molecule has 0 rings (SSSR count). The van der Waals surface area contributed by atoms with Crippen LogP contribution in [0.25, 0.3) is 0 Å². The van der Waals surface area contributed by atoms with Crippen LogP contribution in [0.2, 0.25) is 0 Å². The van der Waals surface area contributed by atoms with Gasteiger partial charge in [0, 0.05) is 19.4 Å². The van der Waals surface area contributed by atoms with E-state index < -0.39 is 26.5 Å². The molecule has 0 saturated heterocycles. The first-order valence-corrected chi connectivity index (χ1v) is 40.7. The molecule has 0 amide bonds. The van der Waals surface area contributed by atoms with Crippen LogP contribution in [-0.2, 0) is 32.7 Å². The van der Waals surface area contributed by atoms with Crippen molar-refractivity contribution in [3.8, 4) is 0 Å². The number of rotatable bonds is 73. The lowest BCUT2D eigenvalue weighted by molar-refractivity contribution is -0.161. The maximum atomic E-state index is 12.8. The van der Waals surface area contributed by atoms with E-state index in [4.69, 9.17) is 24.3 Å². The van der Waals surface area contributed by atoms with Gasteiger partial charge in [0.25, 0.3) is 0 Å². The van der Waals surface area contributed by atoms with Crippen molar-refractivity contribution in [3.05, 3.63) is 134 Å². The van der Waals surface area contributed by atoms with Crippen molar-refractivity contribution in [2.24, 2.45) is 5.73 Å². The lowest BCUT2D eigenvalue weighted by Gasteiger charge is -2.19. The zero-order chi connectivity index (χ0) is 67.9. The molecule has 0 aliphatic rings. The van der Waals surface area contributed by atoms with Gasteiger partial charge in [-0.1, -0.05) is 379 Å². The van der Waals surface area contributed by atoms with E-state index in [2.05, 4.69) is 148 Å². The molecule has 10 heteroatoms. The fraction of sp³-hybridized carbons (Fsp3) is 0.714. The average molecular weight is 1330 g/mol. The average Bonchev–Trinajstić information content (AvgIpc) is 3.59. The second kappa shape index (κ2) is 78.1. The van der Waals surface area contributed by atoms with Crippen LogP contribution in [0.3, 0.4) is 0 Å². The number of ether oxygens (including phenoxy) is 2. The Bertz CT molecular complexity index is 2010. The third-order valence-electron chi connectivity index (χ3n) is 16.8. The lowest BCUT2D eigenvalue weighted by atomic mass is 10.0. The Morgan fingerprint density at radius 3 is 0.872 bits per heavy atom. The van der Waals surface area contributed by atoms with E-state index >= 15 is 0 Å². The molecule has 0 aromatic carbocycles. The number of allylic oxidation sites excluding steroid dienone is 22. The van der Waals surface area contributed by atoms with Crippen LogP contribution >= 0.6 is 7.82 Å². The molecule has 0 bridgehead atoms. The van der Waals surface area contributed by atoms with Gasteiger partial charge in [-0.3, -0.25) is 18.6 Å². The Kier molecular flexibility index (Phi) is 74.9. The van der Waals surface area contributed by atoms with E-state index in [9.17, 15) is 19.0 Å². The summed E-state index contributed by atoms with van der Waals surface area (Å²) in [7, 11) is -4.41. The highest BCUT2D eigenvalue weighted by molar-refractivity contribution is 7.47. The number of phosphoric acid groups is 1. The van der Waals surface area contributed by atoms with Gasteiger partial charge in [0.2, 0.25) is 0 Å². The summed E-state index contributed by atoms with van der Waals surface area (Å²) in [6.07, 6.45) is 111. The summed E-state index contributed by atoms with van der Waals surface area (Å²) in [5.74, 6) is -0.833. The molecule has 0 fully saturated rings. The quantitative estimate of drug-likeness (QED) is 0.0264. The van der Waals surface area contributed by atoms with Crippen LogP contribution < -0.4 is 5.73 Å². The number of carbonyl (C=O) groups is 2. The number of esters is 2. The summed E-state index contributed by atoms with van der Waals surface area (Å²) in [6.45, 7) is 3.66. The third-order valence-corrected chi connectivity index (χ3v) is 17.8. The molecule has 9 nitrogen and oxygen atoms in total. The lowest BCUT2D eigenvalue weighted by Crippen LogP contribution is -2.29. The van der Waals surface area contributed by atoms with E-state index in [-0.39, 0.29) is 38.6 Å². The molecule has 3 N–H and O–H groups in total. The first kappa shape index (κ1) is 90.2. The number of unbranched alkanes of at least 4 members (excludes halogenated alkanes) is 38. The SMILES string of the molecule is CC/C=C\C/C=C\C/C=C\C/C=C\C/C=C\C/C=C\C/C=C\C/C=C\C/C=C\C/C=C\C/C=C\CCCCCCCCCC(=O)OC(COC(=O)CCCCCCCCCCCCCCCCCCCCCCCCCCCCCCCCCC)COP(=O)(O)OCCN. The van der Waals surface area contributed by atoms with Crippen molar-refractivity contribution < 1.29 is 37.6 Å². The number of nitrogens with two attached hydrogens (primary N) is 1. The normalized spacial score (nSPS) is 13.6. The molecular weight excluding hydrogens is 1180 g/mol. The maximum absolute atomic E-state index is 12.8. The highest BCUT2D eigenvalue weighted by Gasteiger charge is 2.26. The molecule has 0 radical (unpaired) electrons. The minimum atomic E-state index is -4.41. The molecule has 0 spiro atoms. The van der Waals surface area contributed by atoms with Crippen LogP contribution in [-0.4, -0.2) is 49.3 Å². The predicted octanol–water partition coefficient (Wildman–Crippen LogP) is 26.4. The Labute approximate surface area is 580 Å². The largest absolute Gasteiger partial charge is 0.472 e. The molecule has 0 aromatic heterocycles. The molecule has 540 valence electrons. The molecule has 0 saturated carbocycles. The Balaban J connectivity index is 3.90. The minimum Gasteiger partial charge on any atom is -0.462 e. The Morgan fingerprint density at radius 2 is 0.585 bits per heavy atom. The van der Waals surface area contributed by atoms with E-state index in [1.165, 1.54) is 205 Å². The van der Waals surface area contributed by atoms with Crippen LogP contribution in [0.15, 0.2) is 134 Å². The fourth-order valence-electron chi connectivity index (χ4n) is 11.1. The zero-order valence-corrected chi connectivity index (χ0v) is 61.8. The van der Waals surface area contributed by atoms with Crippen LogP contribution in [0.4, 0.5) is 0 Å². The molecule has 0 heterocycles. The van der Waals surface area contributed by atoms with E-state index in [1.807, 2.05) is 0 Å². The number of hydrogen-bond acceptors (Lipinski definition) is 8. The molecule has 0 aliphatic heterocycles. The van der Waals surface area contributed by atoms with Crippen LogP contribution in [0.5, 0.6) is 0 Å². The van der Waals surface area contributed by atoms with Gasteiger partial charge in [-0.25, -0.2) is 4.57 Å². The van der Waals surface area contributed by atoms with Gasteiger partial charge in [0.05, 0.1) is 13.2 Å². The summed E-state index contributed by atoms with van der Waals surface area (Å²) in [5, 5.41) is 0. The smallest absolute Gasteiger partial charge is 0.462 e. The molecule has 94 heavy (non-hydrogen) atoms. The number of carbonyl (C=O) groups excluding carboxylic acids is 2. The maximum Gasteiger partial charge on any atom is 0.472 e. The summed E-state index contributed by atoms with van der Waals surface area (Å²) >= 11 is 0. The Morgan fingerprint density at radius 1 is 0.330 bits per heavy atom. The topological polar surface area (TPSA) is 134 Å². The fourth-order valence-corrected chi connectivity index (χ4v) is 11.8. The van der Waals surface area contributed by atoms with Crippen molar-refractivity contribution in [2.45, 2.75) is 360 Å². The van der Waals surface area contributed by atoms with E-state index in [0.717, 1.165) is 116 Å². The first-order valence-electron chi connectivity index (χ1n) is 39.2. The second-order valence-corrected chi connectivity index (χ2v) is 27.3. The summed E-state index contributed by atoms with van der Waals surface area (Å²) in [6, 6.07) is 0. The standard InChI is InChI=1S/C84H146NO8P/c1-3-5-7-9-11-13-15-17-19-21-23-25-27-29-31-33-35-37-38-39-40-41-42-43-44-45-47-49-51-53-55-57-59-61-63-65-67-69-71-73-75-77-84(87)93-82(81-92-94(88,89)91-79-78-85)80-90-83(86)76-74-72-70-68-66-64-62-60-58-56-54-52-50-48-46-36-34-32-30-28-26-24-22-20-18-16-14-12-10-8-6-4-2/h5,7,11,13,17,19,23,25,29,31,35,37,39-40,42-43,45,47,51,53,57,59,82H,3-4,6,8-10,12,14-16,18,20-22,24,26-28,30,32-34,36,38,41,44,46,48-50,52,54-56,58,60-81,85H2,1-2H3,(H,88,89)/b7-5-,13-11-,19-17-,25-23-,31-29-,37-35-,40-39-,43-42-,47-45-,53-51-,59-57-. The molecule has 2 unspecified atom stereocenters. The summed E-state index contributed by atoms with van der Waals surface area (Å²) < 4.78 is 33.2. The highest BCUT2D eigenvalue weighted by atomic mass is 31.2. The van der Waals surface area contributed by atoms with Gasteiger partial charge >= 0.3 is 19.8 Å². The summed E-state index contributed by atoms with van der Waals surface area (Å²) in [5.41, 5.74) is 5.41. The first-order chi connectivity index (χ1) is 46.3. The van der Waals surface area contributed by atoms with Crippen molar-refractivity contribution in [3.63, 3.8) is 0 Å². The van der Waals surface area contributed by atoms with Crippen molar-refractivity contribution >= 4 is 19.8 Å². The van der Waals surface area contributed by atoms with Gasteiger partial charge in [0.1, 0.15) is 6.61 Å². The third kappa shape index (κ3) is 77.2. The minimum absolute atomic E-state index is 0.0471. The molecule has 0 aliphatic carbocycles. The van der Waals surface area contributed by atoms with Gasteiger partial charge in [-0.2, -0.15) is 0 Å². The predicted molar refractivity (Wildman–Crippen MR) is 408 cm³/mol. The van der Waals surface area contributed by atoms with E-state index in [0.29, 0.717) is 6.42 Å². The zero-order valence-electron chi connectivity index (χ0n) is 60.9. The Hall–Kier alpha value is -3.85. The van der Waals surface area contributed by atoms with Crippen molar-refractivity contribution in [1.82, 2.24) is 0 Å². The van der Waals surface area contributed by atoms with Crippen LogP contribution in [0.1, 0.15) is 354 Å². The second-order valence-electron chi connectivity index (χ2n) is 25.9. The van der Waals surface area contributed by atoms with Gasteiger partial charge < -0.3 is 20.1 Å². The van der Waals surface area contributed by atoms with Gasteiger partial charge in [-0.15, -0.1) is 0 Å². The molecule has 0 aromatic rings. The molecule has 2 atom stereocenters. The van der Waals surface area contributed by atoms with Crippen LogP contribution in [0, 0.1) is 0 Å². The van der Waals surface area contributed by atoms with E-state index in [1.54, 1.807) is 0 Å². The van der Waals surface area contributed by atoms with Gasteiger partial charge in [0.15, 0.2) is 6.10 Å². The van der Waals surface area contributed by atoms with Crippen molar-refractivity contribution in [1.29, 1.82) is 0 Å². The monoisotopic (exact) mass is 1330 g/mol. The van der Waals surface area contributed by atoms with Crippen molar-refractivity contribution in [2.75, 3.05) is 26.4 Å². The van der Waals surface area contributed by atoms with Gasteiger partial charge in [-0.05, 0) is 96.3 Å².